The fourth-order valence-corrected chi connectivity index (χ4v) is 4.02. The molecule has 4 rings (SSSR count). The summed E-state index contributed by atoms with van der Waals surface area (Å²) in [5.41, 5.74) is 1.80. The topological polar surface area (TPSA) is 50.5 Å². The van der Waals surface area contributed by atoms with Crippen molar-refractivity contribution in [2.75, 3.05) is 32.8 Å². The standard InChI is InChI=1S/C22H26ClN3O2/c23-22-20-4-1-2-5-21(20)24-26(22)18-6-8-19(9-7-18)28-15-3-12-25-13-10-17(16-27)11-14-25/h1-2,4-9,17,27H,3,10-16H2. The van der Waals surface area contributed by atoms with Gasteiger partial charge in [-0.3, -0.25) is 0 Å². The minimum atomic E-state index is 0.326. The van der Waals surface area contributed by atoms with Gasteiger partial charge >= 0.3 is 0 Å². The number of benzene rings is 2. The molecule has 1 aromatic heterocycles. The molecule has 0 atom stereocenters. The average molecular weight is 400 g/mol. The lowest BCUT2D eigenvalue weighted by Gasteiger charge is -2.30. The van der Waals surface area contributed by atoms with Crippen molar-refractivity contribution >= 4 is 22.5 Å². The second-order valence-corrected chi connectivity index (χ2v) is 7.74. The number of rotatable bonds is 7. The van der Waals surface area contributed by atoms with Gasteiger partial charge in [0.1, 0.15) is 10.9 Å². The van der Waals surface area contributed by atoms with Gasteiger partial charge in [0, 0.05) is 18.5 Å². The van der Waals surface area contributed by atoms with E-state index in [1.165, 1.54) is 0 Å². The fraction of sp³-hybridized carbons (Fsp3) is 0.409. The van der Waals surface area contributed by atoms with Crippen LogP contribution >= 0.6 is 11.6 Å². The van der Waals surface area contributed by atoms with Crippen molar-refractivity contribution in [2.24, 2.45) is 5.92 Å². The zero-order valence-corrected chi connectivity index (χ0v) is 16.7. The predicted molar refractivity (Wildman–Crippen MR) is 112 cm³/mol. The molecule has 1 aliphatic rings. The Morgan fingerprint density at radius 1 is 1.07 bits per heavy atom. The number of aliphatic hydroxyl groups is 1. The summed E-state index contributed by atoms with van der Waals surface area (Å²) >= 11 is 6.48. The maximum Gasteiger partial charge on any atom is 0.140 e. The van der Waals surface area contributed by atoms with Gasteiger partial charge in [-0.15, -0.1) is 0 Å². The molecular weight excluding hydrogens is 374 g/mol. The Morgan fingerprint density at radius 2 is 1.82 bits per heavy atom. The highest BCUT2D eigenvalue weighted by atomic mass is 35.5. The summed E-state index contributed by atoms with van der Waals surface area (Å²) in [6, 6.07) is 15.7. The van der Waals surface area contributed by atoms with E-state index in [0.717, 1.165) is 61.2 Å². The molecule has 1 N–H and O–H groups in total. The largest absolute Gasteiger partial charge is 0.494 e. The molecule has 3 aromatic rings. The van der Waals surface area contributed by atoms with Crippen LogP contribution in [0.4, 0.5) is 0 Å². The van der Waals surface area contributed by atoms with Crippen molar-refractivity contribution in [3.63, 3.8) is 0 Å². The van der Waals surface area contributed by atoms with Crippen molar-refractivity contribution < 1.29 is 9.84 Å². The highest BCUT2D eigenvalue weighted by molar-refractivity contribution is 6.34. The SMILES string of the molecule is OCC1CCN(CCCOc2ccc(-n3nc4ccccc4c3Cl)cc2)CC1. The second-order valence-electron chi connectivity index (χ2n) is 7.38. The number of halogens is 1. The smallest absolute Gasteiger partial charge is 0.140 e. The van der Waals surface area contributed by atoms with E-state index in [9.17, 15) is 5.11 Å². The monoisotopic (exact) mass is 399 g/mol. The number of aliphatic hydroxyl groups excluding tert-OH is 1. The molecule has 6 heteroatoms. The number of likely N-dealkylation sites (tertiary alicyclic amines) is 1. The molecule has 1 saturated heterocycles. The molecule has 2 aromatic carbocycles. The number of hydrogen-bond donors (Lipinski definition) is 1. The van der Waals surface area contributed by atoms with Gasteiger partial charge in [0.2, 0.25) is 0 Å². The molecule has 0 radical (unpaired) electrons. The van der Waals surface area contributed by atoms with Gasteiger partial charge < -0.3 is 14.7 Å². The van der Waals surface area contributed by atoms with E-state index < -0.39 is 0 Å². The molecule has 0 amide bonds. The third kappa shape index (κ3) is 4.32. The lowest BCUT2D eigenvalue weighted by molar-refractivity contribution is 0.126. The summed E-state index contributed by atoms with van der Waals surface area (Å²) < 4.78 is 7.65. The van der Waals surface area contributed by atoms with Gasteiger partial charge in [0.15, 0.2) is 0 Å². The number of piperidine rings is 1. The predicted octanol–water partition coefficient (Wildman–Crippen LogP) is 4.15. The Bertz CT molecular complexity index is 902. The van der Waals surface area contributed by atoms with Crippen LogP contribution in [0.3, 0.4) is 0 Å². The molecule has 28 heavy (non-hydrogen) atoms. The first-order valence-corrected chi connectivity index (χ1v) is 10.3. The van der Waals surface area contributed by atoms with Crippen molar-refractivity contribution in [1.29, 1.82) is 0 Å². The normalized spacial score (nSPS) is 15.9. The molecule has 1 aliphatic heterocycles. The van der Waals surface area contributed by atoms with Crippen LogP contribution in [0.25, 0.3) is 16.6 Å². The van der Waals surface area contributed by atoms with Crippen LogP contribution in [0.5, 0.6) is 5.75 Å². The van der Waals surface area contributed by atoms with Gasteiger partial charge in [-0.05, 0) is 74.7 Å². The molecule has 5 nitrogen and oxygen atoms in total. The Kier molecular flexibility index (Phi) is 6.15. The molecular formula is C22H26ClN3O2. The van der Waals surface area contributed by atoms with Crippen molar-refractivity contribution in [2.45, 2.75) is 19.3 Å². The Hall–Kier alpha value is -2.08. The summed E-state index contributed by atoms with van der Waals surface area (Å²) in [4.78, 5) is 2.46. The minimum Gasteiger partial charge on any atom is -0.494 e. The van der Waals surface area contributed by atoms with E-state index >= 15 is 0 Å². The van der Waals surface area contributed by atoms with Gasteiger partial charge in [0.25, 0.3) is 0 Å². The minimum absolute atomic E-state index is 0.326. The summed E-state index contributed by atoms with van der Waals surface area (Å²) in [7, 11) is 0. The van der Waals surface area contributed by atoms with E-state index in [4.69, 9.17) is 16.3 Å². The van der Waals surface area contributed by atoms with Gasteiger partial charge in [0.05, 0.1) is 17.8 Å². The molecule has 1 fully saturated rings. The van der Waals surface area contributed by atoms with Crippen LogP contribution in [0, 0.1) is 5.92 Å². The van der Waals surface area contributed by atoms with Crippen molar-refractivity contribution in [3.05, 3.63) is 53.7 Å². The summed E-state index contributed by atoms with van der Waals surface area (Å²) in [5, 5.41) is 15.4. The van der Waals surface area contributed by atoms with Crippen LogP contribution in [0.15, 0.2) is 48.5 Å². The van der Waals surface area contributed by atoms with Crippen LogP contribution < -0.4 is 4.74 Å². The van der Waals surface area contributed by atoms with Crippen molar-refractivity contribution in [1.82, 2.24) is 14.7 Å². The lowest BCUT2D eigenvalue weighted by Crippen LogP contribution is -2.35. The Morgan fingerprint density at radius 3 is 2.54 bits per heavy atom. The summed E-state index contributed by atoms with van der Waals surface area (Å²) in [6.07, 6.45) is 3.20. The first kappa shape index (κ1) is 19.2. The Balaban J connectivity index is 1.28. The average Bonchev–Trinajstić information content (AvgIpc) is 3.09. The van der Waals surface area contributed by atoms with Gasteiger partial charge in [-0.2, -0.15) is 5.10 Å². The lowest BCUT2D eigenvalue weighted by atomic mass is 9.98. The zero-order valence-electron chi connectivity index (χ0n) is 15.9. The number of fused-ring (bicyclic) bond motifs is 1. The van der Waals surface area contributed by atoms with Crippen LogP contribution in [0.1, 0.15) is 19.3 Å². The number of nitrogens with zero attached hydrogens (tertiary/aromatic N) is 3. The van der Waals surface area contributed by atoms with Gasteiger partial charge in [-0.1, -0.05) is 23.7 Å². The zero-order chi connectivity index (χ0) is 19.3. The first-order chi connectivity index (χ1) is 13.7. The third-order valence-electron chi connectivity index (χ3n) is 5.45. The van der Waals surface area contributed by atoms with E-state index in [-0.39, 0.29) is 0 Å². The molecule has 148 valence electrons. The molecule has 0 unspecified atom stereocenters. The van der Waals surface area contributed by atoms with Crippen LogP contribution in [-0.4, -0.2) is 52.6 Å². The van der Waals surface area contributed by atoms with Gasteiger partial charge in [-0.25, -0.2) is 4.68 Å². The number of hydrogen-bond acceptors (Lipinski definition) is 4. The van der Waals surface area contributed by atoms with E-state index in [1.807, 2.05) is 48.5 Å². The highest BCUT2D eigenvalue weighted by Crippen LogP contribution is 2.26. The molecule has 0 aliphatic carbocycles. The van der Waals surface area contributed by atoms with E-state index in [1.54, 1.807) is 4.68 Å². The second kappa shape index (κ2) is 8.95. The Labute approximate surface area is 170 Å². The van der Waals surface area contributed by atoms with Crippen molar-refractivity contribution in [3.8, 4) is 11.4 Å². The highest BCUT2D eigenvalue weighted by Gasteiger charge is 2.17. The number of ether oxygens (including phenoxy) is 1. The third-order valence-corrected chi connectivity index (χ3v) is 5.82. The quantitative estimate of drug-likeness (QED) is 0.606. The summed E-state index contributed by atoms with van der Waals surface area (Å²) in [6.45, 7) is 4.24. The van der Waals surface area contributed by atoms with E-state index in [0.29, 0.717) is 24.3 Å². The molecule has 2 heterocycles. The molecule has 0 saturated carbocycles. The maximum atomic E-state index is 9.21. The fourth-order valence-electron chi connectivity index (χ4n) is 3.73. The maximum absolute atomic E-state index is 9.21. The van der Waals surface area contributed by atoms with Crippen LogP contribution in [-0.2, 0) is 0 Å². The van der Waals surface area contributed by atoms with E-state index in [2.05, 4.69) is 10.00 Å². The van der Waals surface area contributed by atoms with Crippen LogP contribution in [0.2, 0.25) is 5.15 Å². The first-order valence-electron chi connectivity index (χ1n) is 9.94. The molecule has 0 bridgehead atoms. The molecule has 0 spiro atoms. The number of aromatic nitrogens is 2. The summed E-state index contributed by atoms with van der Waals surface area (Å²) in [5.74, 6) is 1.35.